The minimum Gasteiger partial charge on any atom is -0.412 e. The number of carbonyl (C=O) groups excluding carboxylic acids is 3. The number of rotatable bonds is 6. The van der Waals surface area contributed by atoms with Gasteiger partial charge in [0.05, 0.1) is 6.61 Å². The normalized spacial score (nSPS) is 12.7. The second-order valence-corrected chi connectivity index (χ2v) is 7.10. The number of likely N-dealkylation sites (N-methyl/N-ethyl adjacent to an activating group) is 2. The number of amides is 3. The molecule has 0 radical (unpaired) electrons. The predicted octanol–water partition coefficient (Wildman–Crippen LogP) is -0.630. The van der Waals surface area contributed by atoms with Crippen LogP contribution in [0.1, 0.15) is 40.1 Å². The van der Waals surface area contributed by atoms with Gasteiger partial charge in [-0.05, 0) is 48.9 Å². The van der Waals surface area contributed by atoms with E-state index in [-0.39, 0.29) is 17.6 Å². The average Bonchev–Trinajstić information content (AvgIpc) is 2.85. The molecular weight excluding hydrogens is 430 g/mol. The lowest BCUT2D eigenvalue weighted by atomic mass is 9.96. The number of nitrogens with zero attached hydrogens (tertiary/aromatic N) is 1. The number of nitrogens with one attached hydrogen (secondary N) is 2. The van der Waals surface area contributed by atoms with Crippen molar-refractivity contribution in [2.75, 3.05) is 20.7 Å². The highest BCUT2D eigenvalue weighted by Gasteiger charge is 2.47. The molecule has 3 amide bonds. The van der Waals surface area contributed by atoms with Gasteiger partial charge in [-0.15, -0.1) is 0 Å². The van der Waals surface area contributed by atoms with Gasteiger partial charge in [0.2, 0.25) is 0 Å². The first-order valence-electron chi connectivity index (χ1n) is 9.64. The second kappa shape index (κ2) is 11.8. The van der Waals surface area contributed by atoms with Crippen molar-refractivity contribution >= 4 is 17.7 Å². The van der Waals surface area contributed by atoms with E-state index in [4.69, 9.17) is 10.3 Å². The maximum Gasteiger partial charge on any atom is 0.278 e. The zero-order valence-corrected chi connectivity index (χ0v) is 18.4. The van der Waals surface area contributed by atoms with E-state index in [0.717, 1.165) is 4.90 Å². The molecule has 1 unspecified atom stereocenters. The van der Waals surface area contributed by atoms with Gasteiger partial charge >= 0.3 is 0 Å². The number of hydrogen-bond donors (Lipinski definition) is 5. The smallest absolute Gasteiger partial charge is 0.278 e. The Kier molecular flexibility index (Phi) is 9.72. The van der Waals surface area contributed by atoms with E-state index in [2.05, 4.69) is 17.2 Å². The van der Waals surface area contributed by atoms with Gasteiger partial charge in [0.1, 0.15) is 6.10 Å². The molecule has 0 fully saturated rings. The number of aliphatic hydroxyl groups excluding tert-OH is 2. The van der Waals surface area contributed by atoms with Gasteiger partial charge in [0.15, 0.2) is 5.54 Å². The summed E-state index contributed by atoms with van der Waals surface area (Å²) in [7, 11) is 2.61. The molecule has 0 aliphatic carbocycles. The number of hydrogen-bond acceptors (Lipinski definition) is 6. The maximum atomic E-state index is 12.8. The van der Waals surface area contributed by atoms with Crippen LogP contribution in [0.25, 0.3) is 0 Å². The molecule has 2 rings (SSSR count). The number of aliphatic hydroxyl groups is 2. The summed E-state index contributed by atoms with van der Waals surface area (Å²) < 4.78 is 0. The van der Waals surface area contributed by atoms with Crippen LogP contribution >= 0.6 is 0 Å². The molecule has 0 spiro atoms. The Morgan fingerprint density at radius 2 is 1.48 bits per heavy atom. The Balaban J connectivity index is 0.00000544. The fourth-order valence-electron chi connectivity index (χ4n) is 2.89. The molecule has 2 aromatic rings. The first-order valence-corrected chi connectivity index (χ1v) is 9.64. The lowest BCUT2D eigenvalue weighted by Crippen LogP contribution is -2.64. The summed E-state index contributed by atoms with van der Waals surface area (Å²) in [5.74, 6) is 3.51. The highest BCUT2D eigenvalue weighted by atomic mass is 16.5. The lowest BCUT2D eigenvalue weighted by Gasteiger charge is -2.34. The highest BCUT2D eigenvalue weighted by Crippen LogP contribution is 2.18. The summed E-state index contributed by atoms with van der Waals surface area (Å²) >= 11 is 0. The van der Waals surface area contributed by atoms with E-state index in [1.165, 1.54) is 38.6 Å². The van der Waals surface area contributed by atoms with Crippen molar-refractivity contribution in [3.05, 3.63) is 70.8 Å². The minimum absolute atomic E-state index is 0. The van der Waals surface area contributed by atoms with Crippen LogP contribution in [-0.2, 0) is 9.59 Å². The van der Waals surface area contributed by atoms with Crippen LogP contribution in [-0.4, -0.2) is 69.8 Å². The molecule has 0 aliphatic heterocycles. The van der Waals surface area contributed by atoms with Crippen molar-refractivity contribution in [1.29, 1.82) is 0 Å². The summed E-state index contributed by atoms with van der Waals surface area (Å²) in [6, 6.07) is 13.1. The Morgan fingerprint density at radius 1 is 1.00 bits per heavy atom. The molecule has 0 bridgehead atoms. The molecule has 0 saturated heterocycles. The third-order valence-electron chi connectivity index (χ3n) is 5.14. The minimum atomic E-state index is -1.96. The molecule has 176 valence electrons. The van der Waals surface area contributed by atoms with E-state index in [1.54, 1.807) is 36.4 Å². The van der Waals surface area contributed by atoms with E-state index >= 15 is 0 Å². The van der Waals surface area contributed by atoms with Gasteiger partial charge in [0, 0.05) is 30.8 Å². The largest absolute Gasteiger partial charge is 0.412 e. The van der Waals surface area contributed by atoms with Crippen molar-refractivity contribution < 1.29 is 35.3 Å². The van der Waals surface area contributed by atoms with E-state index in [0.29, 0.717) is 16.7 Å². The first kappa shape index (κ1) is 27.3. The average molecular weight is 457 g/mol. The van der Waals surface area contributed by atoms with Crippen molar-refractivity contribution in [1.82, 2.24) is 15.7 Å². The zero-order valence-electron chi connectivity index (χ0n) is 18.4. The summed E-state index contributed by atoms with van der Waals surface area (Å²) in [6.07, 6.45) is -0.936. The molecule has 2 atom stereocenters. The zero-order chi connectivity index (χ0) is 23.9. The lowest BCUT2D eigenvalue weighted by molar-refractivity contribution is -0.148. The van der Waals surface area contributed by atoms with Crippen molar-refractivity contribution in [3.63, 3.8) is 0 Å². The van der Waals surface area contributed by atoms with Crippen LogP contribution in [0, 0.1) is 11.8 Å². The van der Waals surface area contributed by atoms with Gasteiger partial charge in [-0.2, -0.15) is 0 Å². The van der Waals surface area contributed by atoms with Crippen molar-refractivity contribution in [3.8, 4) is 11.8 Å². The molecule has 0 saturated carbocycles. The molecule has 2 aromatic carbocycles. The predicted molar refractivity (Wildman–Crippen MR) is 119 cm³/mol. The van der Waals surface area contributed by atoms with Gasteiger partial charge in [-0.3, -0.25) is 19.6 Å². The summed E-state index contributed by atoms with van der Waals surface area (Å²) in [6.45, 7) is 0.859. The van der Waals surface area contributed by atoms with Crippen molar-refractivity contribution in [2.45, 2.75) is 18.6 Å². The van der Waals surface area contributed by atoms with Crippen LogP contribution in [0.15, 0.2) is 48.5 Å². The summed E-state index contributed by atoms with van der Waals surface area (Å²) in [5, 5.41) is 29.9. The molecule has 10 nitrogen and oxygen atoms in total. The molecule has 33 heavy (non-hydrogen) atoms. The van der Waals surface area contributed by atoms with Gasteiger partial charge in [-0.1, -0.05) is 24.0 Å². The molecule has 7 N–H and O–H groups in total. The molecule has 0 heterocycles. The van der Waals surface area contributed by atoms with Crippen LogP contribution in [0.2, 0.25) is 0 Å². The quantitative estimate of drug-likeness (QED) is 0.167. The Hall–Kier alpha value is -3.75. The topological polar surface area (TPSA) is 171 Å². The standard InChI is InChI=1S/C23H25N3O6.H2O/c1-23(21(30)24-2,22(31)25-32)26(3)20(29)18-12-8-16(9-13-18)5-4-15-6-10-17(11-7-15)19(28)14-27;/h6-13,19,27-28,32H,14H2,1-3H3,(H,24,30)(H,25,31);1H2/t19-,23?;/m1./s1. The summed E-state index contributed by atoms with van der Waals surface area (Å²) in [4.78, 5) is 38.1. The number of hydroxylamine groups is 1. The fraction of sp³-hybridized carbons (Fsp3) is 0.261. The van der Waals surface area contributed by atoms with Crippen LogP contribution in [0.4, 0.5) is 0 Å². The second-order valence-electron chi connectivity index (χ2n) is 7.10. The monoisotopic (exact) mass is 457 g/mol. The Bertz CT molecular complexity index is 1020. The number of carbonyl (C=O) groups is 3. The summed E-state index contributed by atoms with van der Waals surface area (Å²) in [5.41, 5.74) is 1.61. The van der Waals surface area contributed by atoms with Crippen LogP contribution in [0.5, 0.6) is 0 Å². The van der Waals surface area contributed by atoms with Crippen molar-refractivity contribution in [2.24, 2.45) is 0 Å². The highest BCUT2D eigenvalue weighted by molar-refractivity contribution is 6.12. The third kappa shape index (κ3) is 5.94. The molecule has 0 aromatic heterocycles. The number of benzene rings is 2. The van der Waals surface area contributed by atoms with E-state index < -0.39 is 29.4 Å². The van der Waals surface area contributed by atoms with Gasteiger partial charge in [0.25, 0.3) is 17.7 Å². The maximum absolute atomic E-state index is 12.8. The first-order chi connectivity index (χ1) is 15.2. The Labute approximate surface area is 191 Å². The van der Waals surface area contributed by atoms with Gasteiger partial charge < -0.3 is 25.9 Å². The van der Waals surface area contributed by atoms with E-state index in [1.807, 2.05) is 0 Å². The molecular formula is C23H27N3O7. The Morgan fingerprint density at radius 3 is 1.91 bits per heavy atom. The SMILES string of the molecule is CNC(=O)C(C)(C(=O)NO)N(C)C(=O)c1ccc(C#Cc2ccc([C@H](O)CO)cc2)cc1.O. The van der Waals surface area contributed by atoms with Crippen LogP contribution < -0.4 is 10.8 Å². The molecule has 0 aliphatic rings. The fourth-order valence-corrected chi connectivity index (χ4v) is 2.89. The van der Waals surface area contributed by atoms with E-state index in [9.17, 15) is 19.5 Å². The molecule has 10 heteroatoms. The van der Waals surface area contributed by atoms with Crippen LogP contribution in [0.3, 0.4) is 0 Å². The van der Waals surface area contributed by atoms with Gasteiger partial charge in [-0.25, -0.2) is 5.48 Å². The third-order valence-corrected chi connectivity index (χ3v) is 5.14.